The first-order valence-electron chi connectivity index (χ1n) is 10.7. The molecule has 34 heavy (non-hydrogen) atoms. The molecule has 1 aromatic heterocycles. The van der Waals surface area contributed by atoms with Crippen LogP contribution in [0.15, 0.2) is 64.4 Å². The Hall–Kier alpha value is -2.95. The normalized spacial score (nSPS) is 16.9. The van der Waals surface area contributed by atoms with Crippen molar-refractivity contribution in [3.05, 3.63) is 77.0 Å². The largest absolute Gasteiger partial charge is 0.496 e. The van der Waals surface area contributed by atoms with Crippen molar-refractivity contribution in [3.63, 3.8) is 0 Å². The van der Waals surface area contributed by atoms with E-state index in [1.165, 1.54) is 19.2 Å². The molecule has 0 bridgehead atoms. The lowest BCUT2D eigenvalue weighted by molar-refractivity contribution is 0.402. The number of nitrogens with one attached hydrogen (secondary N) is 1. The second-order valence-electron chi connectivity index (χ2n) is 8.32. The van der Waals surface area contributed by atoms with Crippen molar-refractivity contribution in [1.29, 1.82) is 0 Å². The van der Waals surface area contributed by atoms with E-state index in [0.717, 1.165) is 15.4 Å². The fraction of sp³-hybridized carbons (Fsp3) is 0.292. The third-order valence-corrected chi connectivity index (χ3v) is 9.67. The van der Waals surface area contributed by atoms with Crippen molar-refractivity contribution >= 4 is 25.7 Å². The van der Waals surface area contributed by atoms with Gasteiger partial charge in [-0.3, -0.25) is 0 Å². The Labute approximate surface area is 200 Å². The van der Waals surface area contributed by atoms with Gasteiger partial charge in [-0.05, 0) is 49.2 Å². The molecule has 0 saturated carbocycles. The summed E-state index contributed by atoms with van der Waals surface area (Å²) in [7, 11) is -4.65. The summed E-state index contributed by atoms with van der Waals surface area (Å²) in [5, 5.41) is 3.14. The van der Waals surface area contributed by atoms with Crippen LogP contribution in [0.3, 0.4) is 0 Å². The van der Waals surface area contributed by atoms with Crippen molar-refractivity contribution in [2.45, 2.75) is 36.2 Å². The Morgan fingerprint density at radius 2 is 1.85 bits per heavy atom. The monoisotopic (exact) mass is 501 g/mol. The predicted octanol–water partition coefficient (Wildman–Crippen LogP) is 3.47. The average molecular weight is 502 g/mol. The van der Waals surface area contributed by atoms with E-state index in [0.29, 0.717) is 23.6 Å². The van der Waals surface area contributed by atoms with Crippen LogP contribution >= 0.6 is 0 Å². The van der Waals surface area contributed by atoms with E-state index in [4.69, 9.17) is 4.74 Å². The van der Waals surface area contributed by atoms with Crippen molar-refractivity contribution in [3.8, 4) is 5.75 Å². The van der Waals surface area contributed by atoms with Gasteiger partial charge in [-0.1, -0.05) is 30.3 Å². The minimum absolute atomic E-state index is 0.0199. The zero-order chi connectivity index (χ0) is 24.7. The summed E-state index contributed by atoms with van der Waals surface area (Å²) < 4.78 is 59.2. The molecule has 1 aliphatic heterocycles. The number of nitrogens with zero attached hydrogens (tertiary/aromatic N) is 2. The average Bonchev–Trinajstić information content (AvgIpc) is 3.08. The number of sulfone groups is 1. The highest BCUT2D eigenvalue weighted by molar-refractivity contribution is 7.92. The van der Waals surface area contributed by atoms with Gasteiger partial charge in [0.15, 0.2) is 9.84 Å². The summed E-state index contributed by atoms with van der Waals surface area (Å²) in [6.07, 6.45) is 0. The first-order valence-corrected chi connectivity index (χ1v) is 13.8. The Balaban J connectivity index is 1.68. The smallest absolute Gasteiger partial charge is 0.247 e. The number of sulfonamides is 1. The third kappa shape index (κ3) is 4.40. The molecule has 0 fully saturated rings. The van der Waals surface area contributed by atoms with Gasteiger partial charge in [0.25, 0.3) is 0 Å². The van der Waals surface area contributed by atoms with Gasteiger partial charge in [0, 0.05) is 24.8 Å². The molecule has 0 amide bonds. The summed E-state index contributed by atoms with van der Waals surface area (Å²) in [6.45, 7) is 4.04. The molecule has 1 atom stereocenters. The highest BCUT2D eigenvalue weighted by Crippen LogP contribution is 2.39. The Morgan fingerprint density at radius 1 is 1.12 bits per heavy atom. The van der Waals surface area contributed by atoms with E-state index in [2.05, 4.69) is 10.3 Å². The van der Waals surface area contributed by atoms with Crippen LogP contribution in [0.5, 0.6) is 5.75 Å². The molecule has 0 spiro atoms. The number of aromatic nitrogens is 1. The zero-order valence-corrected chi connectivity index (χ0v) is 21.1. The van der Waals surface area contributed by atoms with Gasteiger partial charge >= 0.3 is 0 Å². The lowest BCUT2D eigenvalue weighted by Gasteiger charge is -2.25. The molecule has 0 radical (unpaired) electrons. The van der Waals surface area contributed by atoms with Crippen LogP contribution in [0.25, 0.3) is 0 Å². The molecular weight excluding hydrogens is 474 g/mol. The van der Waals surface area contributed by atoms with Crippen molar-refractivity contribution in [2.75, 3.05) is 25.2 Å². The number of pyridine rings is 1. The van der Waals surface area contributed by atoms with Crippen LogP contribution < -0.4 is 10.1 Å². The maximum Gasteiger partial charge on any atom is 0.247 e. The summed E-state index contributed by atoms with van der Waals surface area (Å²) in [5.41, 5.74) is 3.02. The summed E-state index contributed by atoms with van der Waals surface area (Å²) in [6, 6.07) is 14.6. The van der Waals surface area contributed by atoms with Crippen LogP contribution in [0.1, 0.15) is 28.4 Å². The number of hydrogen-bond acceptors (Lipinski definition) is 7. The van der Waals surface area contributed by atoms with Gasteiger partial charge in [0.1, 0.15) is 16.5 Å². The molecule has 1 unspecified atom stereocenters. The zero-order valence-electron chi connectivity index (χ0n) is 19.4. The number of rotatable bonds is 7. The first kappa shape index (κ1) is 24.2. The fourth-order valence-electron chi connectivity index (χ4n) is 4.11. The molecule has 1 N–H and O–H groups in total. The van der Waals surface area contributed by atoms with Gasteiger partial charge in [-0.15, -0.1) is 0 Å². The van der Waals surface area contributed by atoms with Crippen molar-refractivity contribution < 1.29 is 21.6 Å². The predicted molar refractivity (Wildman–Crippen MR) is 130 cm³/mol. The van der Waals surface area contributed by atoms with E-state index < -0.39 is 25.9 Å². The number of aryl methyl sites for hydroxylation is 2. The quantitative estimate of drug-likeness (QED) is 0.528. The number of methoxy groups -OCH3 is 1. The minimum Gasteiger partial charge on any atom is -0.496 e. The second kappa shape index (κ2) is 9.01. The van der Waals surface area contributed by atoms with Gasteiger partial charge in [-0.25, -0.2) is 21.8 Å². The number of ether oxygens (including phenoxy) is 1. The molecule has 8 nitrogen and oxygen atoms in total. The van der Waals surface area contributed by atoms with Crippen LogP contribution in [0.2, 0.25) is 0 Å². The molecular formula is C24H27N3O5S2. The highest BCUT2D eigenvalue weighted by atomic mass is 32.2. The summed E-state index contributed by atoms with van der Waals surface area (Å²) in [4.78, 5) is 4.59. The fourth-order valence-corrected chi connectivity index (χ4v) is 7.48. The van der Waals surface area contributed by atoms with Gasteiger partial charge in [0.2, 0.25) is 10.0 Å². The maximum atomic E-state index is 13.7. The Kier molecular flexibility index (Phi) is 6.41. The van der Waals surface area contributed by atoms with Gasteiger partial charge in [0.05, 0.1) is 23.8 Å². The highest BCUT2D eigenvalue weighted by Gasteiger charge is 2.41. The van der Waals surface area contributed by atoms with Gasteiger partial charge in [-0.2, -0.15) is 4.31 Å². The number of anilines is 1. The summed E-state index contributed by atoms with van der Waals surface area (Å²) >= 11 is 0. The van der Waals surface area contributed by atoms with E-state index in [-0.39, 0.29) is 21.4 Å². The number of benzene rings is 2. The standard InChI is InChI=1S/C24H27N3O5S2/c1-16-9-11-18(21(13-16)32-4)14-25-24-23(12-10-17(2)26-24)34(30,31)27(3)20-15-33(28,29)22-8-6-5-7-19(20)22/h5-13,20H,14-15H2,1-4H3,(H,25,26). The van der Waals surface area contributed by atoms with Gasteiger partial charge < -0.3 is 10.1 Å². The van der Waals surface area contributed by atoms with Crippen LogP contribution in [-0.4, -0.2) is 46.0 Å². The van der Waals surface area contributed by atoms with E-state index in [1.54, 1.807) is 38.3 Å². The number of fused-ring (bicyclic) bond motifs is 1. The molecule has 4 rings (SSSR count). The lowest BCUT2D eigenvalue weighted by atomic mass is 10.1. The van der Waals surface area contributed by atoms with E-state index >= 15 is 0 Å². The second-order valence-corrected chi connectivity index (χ2v) is 12.3. The Morgan fingerprint density at radius 3 is 2.59 bits per heavy atom. The topological polar surface area (TPSA) is 106 Å². The van der Waals surface area contributed by atoms with Crippen LogP contribution in [0, 0.1) is 13.8 Å². The SMILES string of the molecule is COc1cc(C)ccc1CNc1nc(C)ccc1S(=O)(=O)N(C)C1CS(=O)(=O)c2ccccc21. The first-order chi connectivity index (χ1) is 16.0. The number of hydrogen-bond donors (Lipinski definition) is 1. The van der Waals surface area contributed by atoms with Crippen LogP contribution in [0.4, 0.5) is 5.82 Å². The molecule has 2 heterocycles. The van der Waals surface area contributed by atoms with E-state index in [9.17, 15) is 16.8 Å². The minimum atomic E-state index is -4.08. The molecule has 2 aromatic carbocycles. The molecule has 1 aliphatic rings. The molecule has 180 valence electrons. The maximum absolute atomic E-state index is 13.7. The van der Waals surface area contributed by atoms with Crippen molar-refractivity contribution in [1.82, 2.24) is 9.29 Å². The van der Waals surface area contributed by atoms with Crippen LogP contribution in [-0.2, 0) is 26.4 Å². The molecule has 3 aromatic rings. The molecule has 10 heteroatoms. The van der Waals surface area contributed by atoms with E-state index in [1.807, 2.05) is 25.1 Å². The summed E-state index contributed by atoms with van der Waals surface area (Å²) in [5.74, 6) is 0.586. The molecule has 0 aliphatic carbocycles. The van der Waals surface area contributed by atoms with Crippen molar-refractivity contribution in [2.24, 2.45) is 0 Å². The Bertz CT molecular complexity index is 1450. The molecule has 0 saturated heterocycles. The third-order valence-electron chi connectivity index (χ3n) is 5.97. The lowest BCUT2D eigenvalue weighted by Crippen LogP contribution is -2.33.